The van der Waals surface area contributed by atoms with E-state index in [2.05, 4.69) is 254 Å². The lowest BCUT2D eigenvalue weighted by Crippen LogP contribution is -2.28. The lowest BCUT2D eigenvalue weighted by atomic mass is 9.68. The summed E-state index contributed by atoms with van der Waals surface area (Å²) >= 11 is 1.88. The number of furan rings is 1. The molecular weight excluding hydrogens is 867 g/mol. The lowest BCUT2D eigenvalue weighted by Gasteiger charge is -2.34. The van der Waals surface area contributed by atoms with E-state index >= 15 is 0 Å². The van der Waals surface area contributed by atoms with Crippen LogP contribution in [-0.2, 0) is 5.41 Å². The first-order valence-electron chi connectivity index (χ1n) is 24.0. The zero-order chi connectivity index (χ0) is 46.2. The number of para-hydroxylation sites is 1. The second kappa shape index (κ2) is 16.2. The molecule has 0 atom stereocenters. The number of rotatable bonds is 8. The summed E-state index contributed by atoms with van der Waals surface area (Å²) < 4.78 is 8.85. The minimum Gasteiger partial charge on any atom is -0.456 e. The predicted molar refractivity (Wildman–Crippen MR) is 295 cm³/mol. The van der Waals surface area contributed by atoms with Crippen molar-refractivity contribution in [2.24, 2.45) is 0 Å². The topological polar surface area (TPSA) is 16.4 Å². The molecule has 14 rings (SSSR count). The van der Waals surface area contributed by atoms with Crippen LogP contribution in [0.4, 0.5) is 17.1 Å². The molecule has 0 amide bonds. The van der Waals surface area contributed by atoms with Gasteiger partial charge in [-0.2, -0.15) is 0 Å². The van der Waals surface area contributed by atoms with E-state index in [-0.39, 0.29) is 0 Å². The minimum atomic E-state index is -0.523. The zero-order valence-corrected chi connectivity index (χ0v) is 38.9. The number of thiophene rings is 1. The van der Waals surface area contributed by atoms with Gasteiger partial charge in [0.2, 0.25) is 0 Å². The van der Waals surface area contributed by atoms with Crippen LogP contribution in [0.2, 0.25) is 0 Å². The van der Waals surface area contributed by atoms with Gasteiger partial charge in [-0.3, -0.25) is 0 Å². The van der Waals surface area contributed by atoms with Gasteiger partial charge in [0.05, 0.1) is 11.1 Å². The van der Waals surface area contributed by atoms with Gasteiger partial charge in [-0.15, -0.1) is 11.3 Å². The summed E-state index contributed by atoms with van der Waals surface area (Å²) in [7, 11) is 0. The third-order valence-electron chi connectivity index (χ3n) is 14.6. The van der Waals surface area contributed by atoms with Crippen molar-refractivity contribution in [1.29, 1.82) is 0 Å². The third kappa shape index (κ3) is 6.25. The summed E-state index contributed by atoms with van der Waals surface area (Å²) in [5.74, 6) is 0. The van der Waals surface area contributed by atoms with Crippen molar-refractivity contribution in [3.8, 4) is 44.5 Å². The highest BCUT2D eigenvalue weighted by atomic mass is 32.1. The Kier molecular flexibility index (Phi) is 9.33. The Bertz CT molecular complexity index is 4070. The van der Waals surface area contributed by atoms with Gasteiger partial charge in [0, 0.05) is 47.9 Å². The molecule has 0 aliphatic heterocycles. The first kappa shape index (κ1) is 40.3. The predicted octanol–water partition coefficient (Wildman–Crippen LogP) is 18.8. The largest absolute Gasteiger partial charge is 0.456 e. The van der Waals surface area contributed by atoms with Crippen molar-refractivity contribution in [3.63, 3.8) is 0 Å². The molecule has 0 N–H and O–H groups in total. The van der Waals surface area contributed by atoms with Crippen molar-refractivity contribution in [2.75, 3.05) is 4.90 Å². The Morgan fingerprint density at radius 3 is 1.64 bits per heavy atom. The van der Waals surface area contributed by atoms with Crippen LogP contribution in [0.25, 0.3) is 86.6 Å². The number of nitrogens with zero attached hydrogens (tertiary/aromatic N) is 1. The van der Waals surface area contributed by atoms with Gasteiger partial charge in [-0.25, -0.2) is 0 Å². The SMILES string of the molecule is c1ccc(C2(c3ccccc3)c3ccccc3-c3c(N(c4ccc(-c5cccc(-c6cccc7c6sc6ccccc67)c5)cc4)c4ccc(-c5ccc6oc7ccccc7c6c5)cc4)cccc32)cc1. The number of hydrogen-bond acceptors (Lipinski definition) is 3. The summed E-state index contributed by atoms with van der Waals surface area (Å²) in [6, 6.07) is 95.6. The maximum atomic E-state index is 6.21. The molecule has 0 unspecified atom stereocenters. The van der Waals surface area contributed by atoms with E-state index in [0.717, 1.165) is 50.1 Å². The highest BCUT2D eigenvalue weighted by molar-refractivity contribution is 7.26. The van der Waals surface area contributed by atoms with E-state index < -0.39 is 5.41 Å². The summed E-state index contributed by atoms with van der Waals surface area (Å²) in [6.07, 6.45) is 0. The second-order valence-electron chi connectivity index (χ2n) is 18.3. The molecule has 13 aromatic rings. The van der Waals surface area contributed by atoms with Crippen molar-refractivity contribution < 1.29 is 4.42 Å². The van der Waals surface area contributed by atoms with Gasteiger partial charge in [0.15, 0.2) is 0 Å². The summed E-state index contributed by atoms with van der Waals surface area (Å²) in [5.41, 5.74) is 19.2. The highest BCUT2D eigenvalue weighted by Gasteiger charge is 2.47. The molecule has 0 saturated carbocycles. The van der Waals surface area contributed by atoms with Gasteiger partial charge in [-0.1, -0.05) is 200 Å². The lowest BCUT2D eigenvalue weighted by molar-refractivity contribution is 0.669. The van der Waals surface area contributed by atoms with Gasteiger partial charge in [0.1, 0.15) is 11.2 Å². The fourth-order valence-corrected chi connectivity index (χ4v) is 12.7. The van der Waals surface area contributed by atoms with Gasteiger partial charge in [0.25, 0.3) is 0 Å². The molecule has 0 fully saturated rings. The molecule has 3 heteroatoms. The Balaban J connectivity index is 0.924. The van der Waals surface area contributed by atoms with E-state index in [0.29, 0.717) is 0 Å². The third-order valence-corrected chi connectivity index (χ3v) is 15.8. The molecule has 2 aromatic heterocycles. The maximum Gasteiger partial charge on any atom is 0.135 e. The molecule has 0 radical (unpaired) electrons. The first-order valence-corrected chi connectivity index (χ1v) is 24.8. The monoisotopic (exact) mass is 909 g/mol. The van der Waals surface area contributed by atoms with E-state index in [1.54, 1.807) is 0 Å². The summed E-state index contributed by atoms with van der Waals surface area (Å²) in [6.45, 7) is 0. The van der Waals surface area contributed by atoms with Gasteiger partial charge in [-0.05, 0) is 122 Å². The smallest absolute Gasteiger partial charge is 0.135 e. The van der Waals surface area contributed by atoms with E-state index in [1.807, 2.05) is 23.5 Å². The fourth-order valence-electron chi connectivity index (χ4n) is 11.4. The number of hydrogen-bond donors (Lipinski definition) is 0. The van der Waals surface area contributed by atoms with Crippen LogP contribution in [0.3, 0.4) is 0 Å². The van der Waals surface area contributed by atoms with E-state index in [4.69, 9.17) is 4.42 Å². The van der Waals surface area contributed by atoms with Crippen molar-refractivity contribution in [3.05, 3.63) is 283 Å². The maximum absolute atomic E-state index is 6.21. The molecule has 328 valence electrons. The minimum absolute atomic E-state index is 0.523. The van der Waals surface area contributed by atoms with Crippen molar-refractivity contribution >= 4 is 70.5 Å². The molecule has 1 aliphatic carbocycles. The van der Waals surface area contributed by atoms with E-state index in [1.165, 1.54) is 75.8 Å². The first-order chi connectivity index (χ1) is 34.7. The van der Waals surface area contributed by atoms with Gasteiger partial charge >= 0.3 is 0 Å². The molecule has 0 saturated heterocycles. The fraction of sp³-hybridized carbons (Fsp3) is 0.0149. The molecule has 2 heterocycles. The zero-order valence-electron chi connectivity index (χ0n) is 38.1. The Morgan fingerprint density at radius 1 is 0.343 bits per heavy atom. The summed E-state index contributed by atoms with van der Waals surface area (Å²) in [5, 5.41) is 4.89. The van der Waals surface area contributed by atoms with Crippen LogP contribution < -0.4 is 4.90 Å². The van der Waals surface area contributed by atoms with Crippen molar-refractivity contribution in [2.45, 2.75) is 5.41 Å². The highest BCUT2D eigenvalue weighted by Crippen LogP contribution is 2.59. The number of anilines is 3. The molecule has 1 aliphatic rings. The Hall–Kier alpha value is -8.76. The molecule has 0 bridgehead atoms. The molecular formula is C67H43NOS. The Morgan fingerprint density at radius 2 is 0.886 bits per heavy atom. The normalized spacial score (nSPS) is 12.7. The van der Waals surface area contributed by atoms with Crippen LogP contribution in [0.5, 0.6) is 0 Å². The van der Waals surface area contributed by atoms with Crippen LogP contribution in [-0.4, -0.2) is 0 Å². The van der Waals surface area contributed by atoms with Crippen LogP contribution in [0.1, 0.15) is 22.3 Å². The van der Waals surface area contributed by atoms with E-state index in [9.17, 15) is 0 Å². The average Bonchev–Trinajstić information content (AvgIpc) is 4.11. The van der Waals surface area contributed by atoms with Gasteiger partial charge < -0.3 is 9.32 Å². The Labute approximate surface area is 410 Å². The number of fused-ring (bicyclic) bond motifs is 9. The van der Waals surface area contributed by atoms with Crippen LogP contribution >= 0.6 is 11.3 Å². The molecule has 70 heavy (non-hydrogen) atoms. The standard InChI is InChI=1S/C67H43NOS/c1-3-18-49(19-4-1)67(50-20-5-2-6-21-50)59-27-10-7-24-57(59)65-60(67)28-15-29-61(65)68(52-39-34-45(35-40-52)47-36-41-63-58(43-47)54-22-8-11-30-62(54)69-63)51-37-32-44(33-38-51)46-16-13-17-48(42-46)53-25-14-26-56-55-23-9-12-31-64(55)70-66(53)56/h1-43H. The molecule has 0 spiro atoms. The average molecular weight is 910 g/mol. The molecule has 11 aromatic carbocycles. The quantitative estimate of drug-likeness (QED) is 0.151. The van der Waals surface area contributed by atoms with Crippen molar-refractivity contribution in [1.82, 2.24) is 0 Å². The molecule has 2 nitrogen and oxygen atoms in total. The number of benzene rings is 11. The van der Waals surface area contributed by atoms with Crippen LogP contribution in [0.15, 0.2) is 265 Å². The van der Waals surface area contributed by atoms with Crippen LogP contribution in [0, 0.1) is 0 Å². The summed E-state index contributed by atoms with van der Waals surface area (Å²) in [4.78, 5) is 2.46. The second-order valence-corrected chi connectivity index (χ2v) is 19.4.